The van der Waals surface area contributed by atoms with Crippen molar-refractivity contribution >= 4 is 23.3 Å². The molecule has 5 nitrogen and oxygen atoms in total. The molecule has 0 unspecified atom stereocenters. The van der Waals surface area contributed by atoms with Gasteiger partial charge in [-0.15, -0.1) is 0 Å². The number of Topliss-reactive ketones (excluding diaryl/α,β-unsaturated/α-hetero) is 1. The summed E-state index contributed by atoms with van der Waals surface area (Å²) in [5, 5.41) is 2.45. The number of fused-ring (bicyclic) bond motifs is 1. The van der Waals surface area contributed by atoms with Gasteiger partial charge in [0.2, 0.25) is 5.78 Å². The number of nitrogens with zero attached hydrogens (tertiary/aromatic N) is 1. The highest BCUT2D eigenvalue weighted by Gasteiger charge is 2.29. The first kappa shape index (κ1) is 10.2. The quantitative estimate of drug-likeness (QED) is 0.554. The van der Waals surface area contributed by atoms with Crippen LogP contribution in [0.25, 0.3) is 0 Å². The van der Waals surface area contributed by atoms with E-state index in [4.69, 9.17) is 0 Å². The Kier molecular flexibility index (Phi) is 2.36. The highest BCUT2D eigenvalue weighted by atomic mass is 16.2. The van der Waals surface area contributed by atoms with Gasteiger partial charge in [-0.05, 0) is 25.1 Å². The van der Waals surface area contributed by atoms with E-state index >= 15 is 0 Å². The topological polar surface area (TPSA) is 76.1 Å². The van der Waals surface area contributed by atoms with E-state index in [9.17, 15) is 14.4 Å². The third-order valence-corrected chi connectivity index (χ3v) is 2.12. The Morgan fingerprint density at radius 2 is 2.19 bits per heavy atom. The molecule has 1 aliphatic heterocycles. The maximum Gasteiger partial charge on any atom is 0.260 e. The van der Waals surface area contributed by atoms with E-state index in [1.54, 1.807) is 12.1 Å². The van der Waals surface area contributed by atoms with Gasteiger partial charge >= 0.3 is 0 Å². The van der Waals surface area contributed by atoms with Gasteiger partial charge in [-0.1, -0.05) is 0 Å². The van der Waals surface area contributed by atoms with Crippen molar-refractivity contribution in [2.75, 3.05) is 5.32 Å². The normalized spacial score (nSPS) is 16.9. The first-order chi connectivity index (χ1) is 7.59. The number of allylic oxidation sites excluding steroid dienone is 1. The van der Waals surface area contributed by atoms with Crippen LogP contribution >= 0.6 is 0 Å². The number of amides is 1. The molecule has 2 rings (SSSR count). The van der Waals surface area contributed by atoms with Crippen molar-refractivity contribution in [1.82, 2.24) is 4.98 Å². The second kappa shape index (κ2) is 3.69. The van der Waals surface area contributed by atoms with Crippen molar-refractivity contribution < 1.29 is 14.4 Å². The fourth-order valence-electron chi connectivity index (χ4n) is 1.45. The first-order valence-electron chi connectivity index (χ1n) is 4.63. The van der Waals surface area contributed by atoms with Gasteiger partial charge in [0.05, 0.1) is 11.1 Å². The maximum absolute atomic E-state index is 11.8. The molecule has 1 aliphatic rings. The number of pyridine rings is 1. The van der Waals surface area contributed by atoms with Crippen LogP contribution in [-0.4, -0.2) is 22.5 Å². The van der Waals surface area contributed by atoms with Crippen LogP contribution in [0.15, 0.2) is 30.0 Å². The number of anilines is 1. The average molecular weight is 216 g/mol. The third kappa shape index (κ3) is 1.63. The first-order valence-corrected chi connectivity index (χ1v) is 4.63. The number of hydrogen-bond donors (Lipinski definition) is 1. The van der Waals surface area contributed by atoms with E-state index in [1.807, 2.05) is 0 Å². The summed E-state index contributed by atoms with van der Waals surface area (Å²) < 4.78 is 0. The molecule has 0 aliphatic carbocycles. The minimum absolute atomic E-state index is 0.145. The molecule has 0 atom stereocenters. The molecule has 1 aromatic rings. The Hall–Kier alpha value is -2.30. The molecular formula is C11H8N2O3. The summed E-state index contributed by atoms with van der Waals surface area (Å²) in [6.07, 6.45) is 2.51. The Morgan fingerprint density at radius 1 is 1.44 bits per heavy atom. The highest BCUT2D eigenvalue weighted by molar-refractivity contribution is 6.35. The molecule has 5 heteroatoms. The summed E-state index contributed by atoms with van der Waals surface area (Å²) in [6, 6.07) is 3.15. The summed E-state index contributed by atoms with van der Waals surface area (Å²) in [7, 11) is 0. The summed E-state index contributed by atoms with van der Waals surface area (Å²) >= 11 is 0. The van der Waals surface area contributed by atoms with Crippen molar-refractivity contribution in [3.8, 4) is 0 Å². The summed E-state index contributed by atoms with van der Waals surface area (Å²) in [6.45, 7) is 1.28. The fraction of sp³-hybridized carbons (Fsp3) is 0.0909. The van der Waals surface area contributed by atoms with Gasteiger partial charge in [-0.25, -0.2) is 4.98 Å². The molecule has 0 saturated heterocycles. The zero-order chi connectivity index (χ0) is 11.7. The maximum atomic E-state index is 11.8. The van der Waals surface area contributed by atoms with Gasteiger partial charge in [0, 0.05) is 6.20 Å². The van der Waals surface area contributed by atoms with E-state index in [1.165, 1.54) is 13.1 Å². The molecule has 2 heterocycles. The minimum atomic E-state index is -0.591. The molecule has 0 saturated carbocycles. The van der Waals surface area contributed by atoms with Gasteiger partial charge in [-0.2, -0.15) is 0 Å². The molecule has 16 heavy (non-hydrogen) atoms. The van der Waals surface area contributed by atoms with Gasteiger partial charge in [0.15, 0.2) is 5.78 Å². The molecule has 0 radical (unpaired) electrons. The SMILES string of the molecule is CC(=O)/C=C1\C(=O)Nc2ncccc2C1=O. The monoisotopic (exact) mass is 216 g/mol. The minimum Gasteiger partial charge on any atom is -0.306 e. The van der Waals surface area contributed by atoms with Gasteiger partial charge in [-0.3, -0.25) is 14.4 Å². The van der Waals surface area contributed by atoms with Crippen LogP contribution in [0.5, 0.6) is 0 Å². The van der Waals surface area contributed by atoms with Crippen LogP contribution < -0.4 is 5.32 Å². The number of rotatable bonds is 1. The molecule has 80 valence electrons. The van der Waals surface area contributed by atoms with Gasteiger partial charge in [0.1, 0.15) is 5.82 Å². The Labute approximate surface area is 91.2 Å². The van der Waals surface area contributed by atoms with Crippen molar-refractivity contribution in [2.45, 2.75) is 6.92 Å². The van der Waals surface area contributed by atoms with Crippen LogP contribution in [0.3, 0.4) is 0 Å². The average Bonchev–Trinajstić information content (AvgIpc) is 2.24. The highest BCUT2D eigenvalue weighted by Crippen LogP contribution is 2.22. The molecule has 1 aromatic heterocycles. The largest absolute Gasteiger partial charge is 0.306 e. The predicted octanol–water partition coefficient (Wildman–Crippen LogP) is 0.732. The zero-order valence-electron chi connectivity index (χ0n) is 8.48. The van der Waals surface area contributed by atoms with Crippen molar-refractivity contribution in [2.24, 2.45) is 0 Å². The van der Waals surface area contributed by atoms with Gasteiger partial charge in [0.25, 0.3) is 5.91 Å². The summed E-state index contributed by atoms with van der Waals surface area (Å²) in [4.78, 5) is 38.1. The molecule has 0 fully saturated rings. The Balaban J connectivity index is 2.54. The van der Waals surface area contributed by atoms with Crippen LogP contribution in [0.1, 0.15) is 17.3 Å². The lowest BCUT2D eigenvalue weighted by Crippen LogP contribution is -2.28. The second-order valence-corrected chi connectivity index (χ2v) is 3.35. The second-order valence-electron chi connectivity index (χ2n) is 3.35. The molecular weight excluding hydrogens is 208 g/mol. The third-order valence-electron chi connectivity index (χ3n) is 2.12. The fourth-order valence-corrected chi connectivity index (χ4v) is 1.45. The lowest BCUT2D eigenvalue weighted by atomic mass is 9.99. The Bertz CT molecular complexity index is 532. The van der Waals surface area contributed by atoms with Gasteiger partial charge < -0.3 is 5.32 Å². The van der Waals surface area contributed by atoms with Crippen molar-refractivity contribution in [3.05, 3.63) is 35.5 Å². The molecule has 1 amide bonds. The number of hydrogen-bond acceptors (Lipinski definition) is 4. The molecule has 0 aromatic carbocycles. The predicted molar refractivity (Wildman–Crippen MR) is 56.0 cm³/mol. The number of nitrogens with one attached hydrogen (secondary N) is 1. The Morgan fingerprint density at radius 3 is 2.88 bits per heavy atom. The molecule has 0 spiro atoms. The van der Waals surface area contributed by atoms with Crippen molar-refractivity contribution in [3.63, 3.8) is 0 Å². The standard InChI is InChI=1S/C11H8N2O3/c1-6(14)5-8-9(15)7-3-2-4-12-10(7)13-11(8)16/h2-5H,1H3,(H,12,13,16)/b8-5-. The van der Waals surface area contributed by atoms with Crippen LogP contribution in [0.2, 0.25) is 0 Å². The van der Waals surface area contributed by atoms with Crippen LogP contribution in [0.4, 0.5) is 5.82 Å². The van der Waals surface area contributed by atoms with E-state index < -0.39 is 11.7 Å². The van der Waals surface area contributed by atoms with E-state index in [2.05, 4.69) is 10.3 Å². The van der Waals surface area contributed by atoms with E-state index in [-0.39, 0.29) is 17.2 Å². The zero-order valence-corrected chi connectivity index (χ0v) is 8.48. The molecule has 1 N–H and O–H groups in total. The van der Waals surface area contributed by atoms with Crippen LogP contribution in [-0.2, 0) is 9.59 Å². The lowest BCUT2D eigenvalue weighted by molar-refractivity contribution is -0.115. The summed E-state index contributed by atoms with van der Waals surface area (Å²) in [5.41, 5.74) is 0.155. The van der Waals surface area contributed by atoms with Crippen molar-refractivity contribution in [1.29, 1.82) is 0 Å². The van der Waals surface area contributed by atoms with Crippen LogP contribution in [0, 0.1) is 0 Å². The summed E-state index contributed by atoms with van der Waals surface area (Å²) in [5.74, 6) is -1.17. The lowest BCUT2D eigenvalue weighted by Gasteiger charge is -2.16. The van der Waals surface area contributed by atoms with E-state index in [0.717, 1.165) is 6.08 Å². The number of ketones is 2. The number of carbonyl (C=O) groups excluding carboxylic acids is 3. The smallest absolute Gasteiger partial charge is 0.260 e. The number of aromatic nitrogens is 1. The van der Waals surface area contributed by atoms with E-state index in [0.29, 0.717) is 5.56 Å². The number of carbonyl (C=O) groups is 3. The molecule has 0 bridgehead atoms.